The average molecular weight is 332 g/mol. The first-order chi connectivity index (χ1) is 10.7. The van der Waals surface area contributed by atoms with Crippen LogP contribution >= 0.6 is 0 Å². The van der Waals surface area contributed by atoms with Gasteiger partial charge in [-0.3, -0.25) is 9.78 Å². The van der Waals surface area contributed by atoms with Gasteiger partial charge in [-0.15, -0.1) is 0 Å². The first-order valence-electron chi connectivity index (χ1n) is 7.30. The maximum Gasteiger partial charge on any atom is 0.417 e. The Morgan fingerprint density at radius 2 is 2.04 bits per heavy atom. The van der Waals surface area contributed by atoms with Gasteiger partial charge in [0.05, 0.1) is 13.3 Å². The molecule has 1 aromatic heterocycles. The molecule has 0 saturated carbocycles. The third-order valence-electron chi connectivity index (χ3n) is 4.10. The van der Waals surface area contributed by atoms with E-state index in [1.807, 2.05) is 0 Å². The Bertz CT molecular complexity index is 555. The lowest BCUT2D eigenvalue weighted by Crippen LogP contribution is -2.54. The lowest BCUT2D eigenvalue weighted by atomic mass is 9.90. The van der Waals surface area contributed by atoms with Crippen LogP contribution in [0.5, 0.6) is 5.75 Å². The highest BCUT2D eigenvalue weighted by atomic mass is 19.4. The first kappa shape index (κ1) is 17.5. The minimum atomic E-state index is -4.66. The standard InChI is InChI=1S/C15H19F3N2O3/c1-23-12-8-11(9-19-10-12)2-3-13(21)20-6-4-14(22,5-7-20)15(16,17)18/h8-10,22H,2-7H2,1H3. The summed E-state index contributed by atoms with van der Waals surface area (Å²) in [6.45, 7) is -0.184. The number of hydrogen-bond donors (Lipinski definition) is 1. The van der Waals surface area contributed by atoms with Crippen molar-refractivity contribution in [2.75, 3.05) is 20.2 Å². The molecule has 0 atom stereocenters. The Hall–Kier alpha value is -1.83. The molecule has 0 bridgehead atoms. The van der Waals surface area contributed by atoms with Gasteiger partial charge in [-0.1, -0.05) is 0 Å². The highest BCUT2D eigenvalue weighted by molar-refractivity contribution is 5.76. The normalized spacial score (nSPS) is 17.9. The number of carbonyl (C=O) groups excluding carboxylic acids is 1. The summed E-state index contributed by atoms with van der Waals surface area (Å²) in [7, 11) is 1.52. The second-order valence-corrected chi connectivity index (χ2v) is 5.64. The Balaban J connectivity index is 1.86. The number of nitrogens with zero attached hydrogens (tertiary/aromatic N) is 2. The van der Waals surface area contributed by atoms with Gasteiger partial charge in [0.2, 0.25) is 5.91 Å². The van der Waals surface area contributed by atoms with E-state index in [9.17, 15) is 23.1 Å². The SMILES string of the molecule is COc1cncc(CCC(=O)N2CCC(O)(C(F)(F)F)CC2)c1. The molecular formula is C15H19F3N2O3. The molecule has 0 aromatic carbocycles. The molecule has 1 saturated heterocycles. The molecule has 0 aliphatic carbocycles. The summed E-state index contributed by atoms with van der Waals surface area (Å²) in [5.74, 6) is 0.361. The zero-order valence-electron chi connectivity index (χ0n) is 12.8. The summed E-state index contributed by atoms with van der Waals surface area (Å²) in [6, 6.07) is 1.76. The van der Waals surface area contributed by atoms with Crippen LogP contribution in [-0.2, 0) is 11.2 Å². The van der Waals surface area contributed by atoms with Crippen molar-refractivity contribution in [2.45, 2.75) is 37.5 Å². The number of alkyl halides is 3. The van der Waals surface area contributed by atoms with Crippen LogP contribution in [0, 0.1) is 0 Å². The van der Waals surface area contributed by atoms with Crippen LogP contribution in [0.3, 0.4) is 0 Å². The largest absolute Gasteiger partial charge is 0.495 e. The van der Waals surface area contributed by atoms with E-state index in [1.54, 1.807) is 18.5 Å². The highest BCUT2D eigenvalue weighted by Crippen LogP contribution is 2.38. The van der Waals surface area contributed by atoms with E-state index in [0.717, 1.165) is 5.56 Å². The number of likely N-dealkylation sites (tertiary alicyclic amines) is 1. The summed E-state index contributed by atoms with van der Waals surface area (Å²) in [5.41, 5.74) is -1.86. The van der Waals surface area contributed by atoms with E-state index in [0.29, 0.717) is 12.2 Å². The number of halogens is 3. The second-order valence-electron chi connectivity index (χ2n) is 5.64. The number of aliphatic hydroxyl groups is 1. The zero-order chi connectivity index (χ0) is 17.1. The molecule has 1 fully saturated rings. The van der Waals surface area contributed by atoms with Crippen molar-refractivity contribution in [3.8, 4) is 5.75 Å². The van der Waals surface area contributed by atoms with Gasteiger partial charge < -0.3 is 14.7 Å². The fraction of sp³-hybridized carbons (Fsp3) is 0.600. The number of carbonyl (C=O) groups is 1. The van der Waals surface area contributed by atoms with Gasteiger partial charge in [-0.2, -0.15) is 13.2 Å². The number of aryl methyl sites for hydroxylation is 1. The molecule has 1 aromatic rings. The van der Waals surface area contributed by atoms with Crippen LogP contribution < -0.4 is 4.74 Å². The summed E-state index contributed by atoms with van der Waals surface area (Å²) < 4.78 is 43.2. The molecule has 5 nitrogen and oxygen atoms in total. The minimum absolute atomic E-state index is 0.0921. The predicted molar refractivity (Wildman–Crippen MR) is 75.9 cm³/mol. The van der Waals surface area contributed by atoms with Crippen molar-refractivity contribution in [3.63, 3.8) is 0 Å². The van der Waals surface area contributed by atoms with Crippen LogP contribution in [0.25, 0.3) is 0 Å². The lowest BCUT2D eigenvalue weighted by molar-refractivity contribution is -0.272. The van der Waals surface area contributed by atoms with Gasteiger partial charge in [0.1, 0.15) is 5.75 Å². The molecule has 0 unspecified atom stereocenters. The summed E-state index contributed by atoms with van der Waals surface area (Å²) in [4.78, 5) is 17.5. The number of methoxy groups -OCH3 is 1. The van der Waals surface area contributed by atoms with Crippen molar-refractivity contribution in [3.05, 3.63) is 24.0 Å². The van der Waals surface area contributed by atoms with E-state index in [4.69, 9.17) is 4.74 Å². The molecule has 0 radical (unpaired) electrons. The zero-order valence-corrected chi connectivity index (χ0v) is 12.8. The Kier molecular flexibility index (Phi) is 5.13. The maximum atomic E-state index is 12.7. The highest BCUT2D eigenvalue weighted by Gasteiger charge is 2.54. The molecule has 128 valence electrons. The number of amides is 1. The number of ether oxygens (including phenoxy) is 1. The van der Waals surface area contributed by atoms with E-state index in [1.165, 1.54) is 12.0 Å². The molecule has 1 N–H and O–H groups in total. The predicted octanol–water partition coefficient (Wildman–Crippen LogP) is 1.94. The smallest absolute Gasteiger partial charge is 0.417 e. The fourth-order valence-corrected chi connectivity index (χ4v) is 2.53. The van der Waals surface area contributed by atoms with Crippen molar-refractivity contribution in [2.24, 2.45) is 0 Å². The summed E-state index contributed by atoms with van der Waals surface area (Å²) in [5, 5.41) is 9.59. The quantitative estimate of drug-likeness (QED) is 0.915. The third kappa shape index (κ3) is 4.13. The first-order valence-corrected chi connectivity index (χ1v) is 7.30. The van der Waals surface area contributed by atoms with Crippen molar-refractivity contribution < 1.29 is 27.8 Å². The molecule has 1 aliphatic rings. The third-order valence-corrected chi connectivity index (χ3v) is 4.10. The summed E-state index contributed by atoms with van der Waals surface area (Å²) in [6.07, 6.45) is -1.84. The number of pyridine rings is 1. The number of aromatic nitrogens is 1. The van der Waals surface area contributed by atoms with Gasteiger partial charge in [-0.25, -0.2) is 0 Å². The molecular weight excluding hydrogens is 313 g/mol. The Morgan fingerprint density at radius 3 is 2.61 bits per heavy atom. The van der Waals surface area contributed by atoms with E-state index < -0.39 is 24.6 Å². The van der Waals surface area contributed by atoms with Crippen LogP contribution in [0.15, 0.2) is 18.5 Å². The Morgan fingerprint density at radius 1 is 1.39 bits per heavy atom. The Labute approximate surface area is 132 Å². The minimum Gasteiger partial charge on any atom is -0.495 e. The number of piperidine rings is 1. The van der Waals surface area contributed by atoms with Crippen molar-refractivity contribution in [1.82, 2.24) is 9.88 Å². The lowest BCUT2D eigenvalue weighted by Gasteiger charge is -2.39. The summed E-state index contributed by atoms with van der Waals surface area (Å²) >= 11 is 0. The van der Waals surface area contributed by atoms with E-state index in [-0.39, 0.29) is 25.4 Å². The number of rotatable bonds is 4. The molecule has 8 heteroatoms. The van der Waals surface area contributed by atoms with Gasteiger partial charge in [-0.05, 0) is 18.1 Å². The van der Waals surface area contributed by atoms with Crippen LogP contribution in [0.1, 0.15) is 24.8 Å². The van der Waals surface area contributed by atoms with Crippen LogP contribution in [0.2, 0.25) is 0 Å². The maximum absolute atomic E-state index is 12.7. The molecule has 1 aliphatic heterocycles. The van der Waals surface area contributed by atoms with Crippen LogP contribution in [-0.4, -0.2) is 52.9 Å². The van der Waals surface area contributed by atoms with Crippen molar-refractivity contribution in [1.29, 1.82) is 0 Å². The van der Waals surface area contributed by atoms with E-state index in [2.05, 4.69) is 4.98 Å². The molecule has 23 heavy (non-hydrogen) atoms. The van der Waals surface area contributed by atoms with Gasteiger partial charge in [0, 0.05) is 38.5 Å². The molecule has 2 heterocycles. The number of hydrogen-bond acceptors (Lipinski definition) is 4. The molecule has 1 amide bonds. The second kappa shape index (κ2) is 6.74. The van der Waals surface area contributed by atoms with Gasteiger partial charge >= 0.3 is 6.18 Å². The average Bonchev–Trinajstić information content (AvgIpc) is 2.52. The van der Waals surface area contributed by atoms with Gasteiger partial charge in [0.15, 0.2) is 5.60 Å². The van der Waals surface area contributed by atoms with E-state index >= 15 is 0 Å². The molecule has 2 rings (SSSR count). The topological polar surface area (TPSA) is 62.7 Å². The van der Waals surface area contributed by atoms with Crippen LogP contribution in [0.4, 0.5) is 13.2 Å². The molecule has 0 spiro atoms. The van der Waals surface area contributed by atoms with Gasteiger partial charge in [0.25, 0.3) is 0 Å². The monoisotopic (exact) mass is 332 g/mol. The van der Waals surface area contributed by atoms with Crippen molar-refractivity contribution >= 4 is 5.91 Å². The fourth-order valence-electron chi connectivity index (χ4n) is 2.53.